The summed E-state index contributed by atoms with van der Waals surface area (Å²) in [5, 5.41) is 3.00. The Morgan fingerprint density at radius 3 is 2.63 bits per heavy atom. The van der Waals surface area contributed by atoms with E-state index in [1.807, 2.05) is 32.0 Å². The van der Waals surface area contributed by atoms with Gasteiger partial charge in [0, 0.05) is 13.1 Å². The molecule has 0 saturated carbocycles. The Hall–Kier alpha value is -2.33. The van der Waals surface area contributed by atoms with E-state index in [0.717, 1.165) is 29.0 Å². The molecule has 0 spiro atoms. The Labute approximate surface area is 162 Å². The summed E-state index contributed by atoms with van der Waals surface area (Å²) in [7, 11) is 0. The first kappa shape index (κ1) is 19.4. The molecule has 144 valence electrons. The second-order valence-electron chi connectivity index (χ2n) is 7.55. The predicted octanol–water partition coefficient (Wildman–Crippen LogP) is 3.98. The summed E-state index contributed by atoms with van der Waals surface area (Å²) in [6.45, 7) is 9.70. The van der Waals surface area contributed by atoms with Crippen molar-refractivity contribution in [2.24, 2.45) is 0 Å². The van der Waals surface area contributed by atoms with Crippen LogP contribution in [-0.2, 0) is 17.9 Å². The molecule has 3 rings (SSSR count). The Balaban J connectivity index is 1.52. The van der Waals surface area contributed by atoms with Crippen LogP contribution in [-0.4, -0.2) is 30.0 Å². The topological polar surface area (TPSA) is 41.6 Å². The zero-order chi connectivity index (χ0) is 19.2. The van der Waals surface area contributed by atoms with E-state index in [-0.39, 0.29) is 5.91 Å². The number of aryl methyl sites for hydroxylation is 2. The van der Waals surface area contributed by atoms with E-state index in [0.29, 0.717) is 6.54 Å². The standard InChI is InChI=1S/C23H30N2O2/c1-17-9-10-18(2)22(13-17)27-19(3)23(26)24-15-20-7-6-8-21(14-20)16-25-11-4-5-12-25/h6-10,13-14,19H,4-5,11-12,15-16H2,1-3H3,(H,24,26)/t19-/m0/s1. The van der Waals surface area contributed by atoms with Crippen molar-refractivity contribution >= 4 is 5.91 Å². The maximum Gasteiger partial charge on any atom is 0.261 e. The first-order chi connectivity index (χ1) is 13.0. The minimum Gasteiger partial charge on any atom is -0.481 e. The highest BCUT2D eigenvalue weighted by molar-refractivity contribution is 5.80. The van der Waals surface area contributed by atoms with Gasteiger partial charge in [-0.1, -0.05) is 36.4 Å². The van der Waals surface area contributed by atoms with Crippen LogP contribution >= 0.6 is 0 Å². The van der Waals surface area contributed by atoms with Gasteiger partial charge in [-0.3, -0.25) is 9.69 Å². The molecule has 1 saturated heterocycles. The maximum atomic E-state index is 12.4. The van der Waals surface area contributed by atoms with Gasteiger partial charge < -0.3 is 10.1 Å². The number of ether oxygens (including phenoxy) is 1. The summed E-state index contributed by atoms with van der Waals surface area (Å²) < 4.78 is 5.87. The quantitative estimate of drug-likeness (QED) is 0.806. The molecule has 0 bridgehead atoms. The van der Waals surface area contributed by atoms with Gasteiger partial charge in [0.1, 0.15) is 5.75 Å². The molecular weight excluding hydrogens is 336 g/mol. The smallest absolute Gasteiger partial charge is 0.261 e. The zero-order valence-electron chi connectivity index (χ0n) is 16.6. The highest BCUT2D eigenvalue weighted by Crippen LogP contribution is 2.20. The van der Waals surface area contributed by atoms with Crippen molar-refractivity contribution in [1.29, 1.82) is 0 Å². The van der Waals surface area contributed by atoms with Crippen LogP contribution in [0.3, 0.4) is 0 Å². The second-order valence-corrected chi connectivity index (χ2v) is 7.55. The van der Waals surface area contributed by atoms with Gasteiger partial charge in [-0.25, -0.2) is 0 Å². The minimum atomic E-state index is -0.529. The van der Waals surface area contributed by atoms with E-state index in [4.69, 9.17) is 4.74 Å². The minimum absolute atomic E-state index is 0.0964. The monoisotopic (exact) mass is 366 g/mol. The first-order valence-corrected chi connectivity index (χ1v) is 9.83. The Bertz CT molecular complexity index is 782. The van der Waals surface area contributed by atoms with Crippen molar-refractivity contribution < 1.29 is 9.53 Å². The number of rotatable bonds is 7. The van der Waals surface area contributed by atoms with Crippen molar-refractivity contribution in [3.05, 3.63) is 64.7 Å². The Morgan fingerprint density at radius 2 is 1.85 bits per heavy atom. The molecule has 1 fully saturated rings. The van der Waals surface area contributed by atoms with E-state index in [1.54, 1.807) is 6.92 Å². The van der Waals surface area contributed by atoms with Crippen molar-refractivity contribution in [1.82, 2.24) is 10.2 Å². The lowest BCUT2D eigenvalue weighted by Crippen LogP contribution is -2.36. The molecule has 4 nitrogen and oxygen atoms in total. The lowest BCUT2D eigenvalue weighted by atomic mass is 10.1. The number of nitrogens with zero attached hydrogens (tertiary/aromatic N) is 1. The molecule has 1 aliphatic heterocycles. The van der Waals surface area contributed by atoms with E-state index < -0.39 is 6.10 Å². The van der Waals surface area contributed by atoms with E-state index in [9.17, 15) is 4.79 Å². The summed E-state index contributed by atoms with van der Waals surface area (Å²) in [6.07, 6.45) is 2.07. The average molecular weight is 367 g/mol. The molecule has 1 N–H and O–H groups in total. The normalized spacial score (nSPS) is 15.5. The molecule has 1 aliphatic rings. The highest BCUT2D eigenvalue weighted by atomic mass is 16.5. The third kappa shape index (κ3) is 5.57. The third-order valence-electron chi connectivity index (χ3n) is 5.08. The highest BCUT2D eigenvalue weighted by Gasteiger charge is 2.16. The van der Waals surface area contributed by atoms with Crippen LogP contribution in [0.15, 0.2) is 42.5 Å². The number of hydrogen-bond donors (Lipinski definition) is 1. The molecule has 1 atom stereocenters. The number of nitrogens with one attached hydrogen (secondary N) is 1. The van der Waals surface area contributed by atoms with E-state index >= 15 is 0 Å². The molecule has 4 heteroatoms. The summed E-state index contributed by atoms with van der Waals surface area (Å²) in [4.78, 5) is 14.9. The van der Waals surface area contributed by atoms with Gasteiger partial charge in [-0.15, -0.1) is 0 Å². The molecule has 2 aromatic carbocycles. The predicted molar refractivity (Wildman–Crippen MR) is 109 cm³/mol. The van der Waals surface area contributed by atoms with E-state index in [1.165, 1.54) is 31.5 Å². The van der Waals surface area contributed by atoms with Gasteiger partial charge in [0.25, 0.3) is 5.91 Å². The maximum absolute atomic E-state index is 12.4. The van der Waals surface area contributed by atoms with Crippen molar-refractivity contribution in [2.45, 2.75) is 52.8 Å². The van der Waals surface area contributed by atoms with Crippen LogP contribution in [0, 0.1) is 13.8 Å². The molecule has 0 unspecified atom stereocenters. The molecule has 0 aliphatic carbocycles. The number of carbonyl (C=O) groups excluding carboxylic acids is 1. The number of likely N-dealkylation sites (tertiary alicyclic amines) is 1. The van der Waals surface area contributed by atoms with E-state index in [2.05, 4.69) is 34.5 Å². The Morgan fingerprint density at radius 1 is 1.11 bits per heavy atom. The fourth-order valence-corrected chi connectivity index (χ4v) is 3.45. The number of hydrogen-bond acceptors (Lipinski definition) is 3. The van der Waals surface area contributed by atoms with Crippen LogP contribution in [0.5, 0.6) is 5.75 Å². The van der Waals surface area contributed by atoms with Crippen LogP contribution in [0.25, 0.3) is 0 Å². The molecular formula is C23H30N2O2. The van der Waals surface area contributed by atoms with Gasteiger partial charge >= 0.3 is 0 Å². The van der Waals surface area contributed by atoms with Crippen LogP contribution in [0.1, 0.15) is 42.0 Å². The number of carbonyl (C=O) groups is 1. The second kappa shape index (κ2) is 9.05. The molecule has 2 aromatic rings. The third-order valence-corrected chi connectivity index (χ3v) is 5.08. The molecule has 0 aromatic heterocycles. The molecule has 0 radical (unpaired) electrons. The van der Waals surface area contributed by atoms with Gasteiger partial charge in [0.2, 0.25) is 0 Å². The van der Waals surface area contributed by atoms with Crippen LogP contribution < -0.4 is 10.1 Å². The summed E-state index contributed by atoms with van der Waals surface area (Å²) in [6, 6.07) is 14.5. The van der Waals surface area contributed by atoms with Crippen molar-refractivity contribution in [3.8, 4) is 5.75 Å². The summed E-state index contributed by atoms with van der Waals surface area (Å²) in [5.74, 6) is 0.672. The lowest BCUT2D eigenvalue weighted by molar-refractivity contribution is -0.127. The van der Waals surface area contributed by atoms with Crippen molar-refractivity contribution in [3.63, 3.8) is 0 Å². The van der Waals surface area contributed by atoms with Gasteiger partial charge in [0.15, 0.2) is 6.10 Å². The van der Waals surface area contributed by atoms with Gasteiger partial charge in [-0.2, -0.15) is 0 Å². The van der Waals surface area contributed by atoms with Gasteiger partial charge in [0.05, 0.1) is 0 Å². The largest absolute Gasteiger partial charge is 0.481 e. The number of benzene rings is 2. The molecule has 1 amide bonds. The Kier molecular flexibility index (Phi) is 6.51. The molecule has 27 heavy (non-hydrogen) atoms. The van der Waals surface area contributed by atoms with Gasteiger partial charge in [-0.05, 0) is 75.0 Å². The zero-order valence-corrected chi connectivity index (χ0v) is 16.6. The fraction of sp³-hybridized carbons (Fsp3) is 0.435. The molecule has 1 heterocycles. The number of amides is 1. The van der Waals surface area contributed by atoms with Crippen molar-refractivity contribution in [2.75, 3.05) is 13.1 Å². The van der Waals surface area contributed by atoms with Crippen LogP contribution in [0.2, 0.25) is 0 Å². The fourth-order valence-electron chi connectivity index (χ4n) is 3.45. The van der Waals surface area contributed by atoms with Crippen LogP contribution in [0.4, 0.5) is 0 Å². The summed E-state index contributed by atoms with van der Waals surface area (Å²) >= 11 is 0. The average Bonchev–Trinajstić information content (AvgIpc) is 3.16. The first-order valence-electron chi connectivity index (χ1n) is 9.83. The lowest BCUT2D eigenvalue weighted by Gasteiger charge is -2.17. The summed E-state index contributed by atoms with van der Waals surface area (Å²) in [5.41, 5.74) is 4.59. The SMILES string of the molecule is Cc1ccc(C)c(O[C@@H](C)C(=O)NCc2cccc(CN3CCCC3)c2)c1.